The van der Waals surface area contributed by atoms with E-state index in [2.05, 4.69) is 6.92 Å². The summed E-state index contributed by atoms with van der Waals surface area (Å²) in [6.45, 7) is 3.96. The number of hydrogen-bond donors (Lipinski definition) is 3. The van der Waals surface area contributed by atoms with Crippen LogP contribution in [0.15, 0.2) is 0 Å². The molecule has 11 heavy (non-hydrogen) atoms. The van der Waals surface area contributed by atoms with Gasteiger partial charge in [-0.25, -0.2) is 0 Å². The van der Waals surface area contributed by atoms with Gasteiger partial charge in [-0.05, 0) is 12.8 Å². The third-order valence-corrected chi connectivity index (χ3v) is 2.06. The topological polar surface area (TPSA) is 72.3 Å². The van der Waals surface area contributed by atoms with Crippen molar-refractivity contribution in [2.75, 3.05) is 0 Å². The molecule has 3 heteroatoms. The average molecular weight is 160 g/mol. The second-order valence-electron chi connectivity index (χ2n) is 3.12. The van der Waals surface area contributed by atoms with Crippen LogP contribution in [0.5, 0.6) is 0 Å². The van der Waals surface area contributed by atoms with Crippen molar-refractivity contribution < 1.29 is 5.11 Å². The maximum Gasteiger partial charge on any atom is 0.0900 e. The number of aliphatic hydroxyl groups excluding tert-OH is 1. The first-order valence-electron chi connectivity index (χ1n) is 4.30. The van der Waals surface area contributed by atoms with Crippen LogP contribution in [-0.2, 0) is 0 Å². The lowest BCUT2D eigenvalue weighted by Gasteiger charge is -2.28. The zero-order chi connectivity index (χ0) is 8.91. The standard InChI is InChI=1S/C8H20N2O/c1-3-5-6-7(11)8(9,10)4-2/h7,11H,3-6,9-10H2,1-2H3. The van der Waals surface area contributed by atoms with E-state index in [0.717, 1.165) is 12.8 Å². The number of hydrogen-bond acceptors (Lipinski definition) is 3. The molecule has 0 amide bonds. The predicted octanol–water partition coefficient (Wildman–Crippen LogP) is 0.561. The Hall–Kier alpha value is -0.120. The molecule has 0 aliphatic carbocycles. The summed E-state index contributed by atoms with van der Waals surface area (Å²) in [7, 11) is 0. The van der Waals surface area contributed by atoms with Crippen molar-refractivity contribution in [3.63, 3.8) is 0 Å². The first kappa shape index (κ1) is 10.9. The number of nitrogens with two attached hydrogens (primary N) is 2. The molecule has 0 spiro atoms. The molecule has 0 aromatic carbocycles. The minimum absolute atomic E-state index is 0.563. The lowest BCUT2D eigenvalue weighted by molar-refractivity contribution is 0.0745. The van der Waals surface area contributed by atoms with Crippen molar-refractivity contribution in [1.29, 1.82) is 0 Å². The van der Waals surface area contributed by atoms with Crippen molar-refractivity contribution in [1.82, 2.24) is 0 Å². The van der Waals surface area contributed by atoms with Crippen LogP contribution in [0.25, 0.3) is 0 Å². The molecule has 0 aliphatic heterocycles. The normalized spacial score (nSPS) is 15.0. The lowest BCUT2D eigenvalue weighted by Crippen LogP contribution is -2.58. The first-order chi connectivity index (χ1) is 5.04. The van der Waals surface area contributed by atoms with E-state index in [1.165, 1.54) is 0 Å². The van der Waals surface area contributed by atoms with E-state index in [4.69, 9.17) is 11.5 Å². The minimum Gasteiger partial charge on any atom is -0.390 e. The monoisotopic (exact) mass is 160 g/mol. The minimum atomic E-state index is -0.894. The predicted molar refractivity (Wildman–Crippen MR) is 46.9 cm³/mol. The van der Waals surface area contributed by atoms with E-state index in [9.17, 15) is 5.11 Å². The Labute approximate surface area is 68.8 Å². The van der Waals surface area contributed by atoms with Gasteiger partial charge in [0.2, 0.25) is 0 Å². The molecule has 0 aromatic heterocycles. The Bertz CT molecular complexity index is 104. The van der Waals surface area contributed by atoms with Gasteiger partial charge in [-0.3, -0.25) is 0 Å². The van der Waals surface area contributed by atoms with Gasteiger partial charge < -0.3 is 16.6 Å². The van der Waals surface area contributed by atoms with E-state index in [-0.39, 0.29) is 0 Å². The molecular weight excluding hydrogens is 140 g/mol. The quantitative estimate of drug-likeness (QED) is 0.515. The molecular formula is C8H20N2O. The molecule has 3 nitrogen and oxygen atoms in total. The number of unbranched alkanes of at least 4 members (excludes halogenated alkanes) is 1. The molecule has 0 heterocycles. The highest BCUT2D eigenvalue weighted by atomic mass is 16.3. The maximum atomic E-state index is 9.46. The van der Waals surface area contributed by atoms with Crippen molar-refractivity contribution in [2.45, 2.75) is 51.3 Å². The molecule has 68 valence electrons. The highest BCUT2D eigenvalue weighted by molar-refractivity contribution is 4.83. The van der Waals surface area contributed by atoms with Gasteiger partial charge in [-0.15, -0.1) is 0 Å². The van der Waals surface area contributed by atoms with Crippen LogP contribution in [0.4, 0.5) is 0 Å². The summed E-state index contributed by atoms with van der Waals surface area (Å²) in [6, 6.07) is 0. The Morgan fingerprint density at radius 2 is 1.91 bits per heavy atom. The zero-order valence-corrected chi connectivity index (χ0v) is 7.51. The number of rotatable bonds is 5. The molecule has 0 aliphatic rings. The second kappa shape index (κ2) is 4.70. The molecule has 0 radical (unpaired) electrons. The van der Waals surface area contributed by atoms with Gasteiger partial charge in [-0.2, -0.15) is 0 Å². The van der Waals surface area contributed by atoms with Gasteiger partial charge in [0, 0.05) is 0 Å². The summed E-state index contributed by atoms with van der Waals surface area (Å²) in [4.78, 5) is 0. The van der Waals surface area contributed by atoms with Crippen LogP contribution in [0.3, 0.4) is 0 Å². The van der Waals surface area contributed by atoms with Crippen molar-refractivity contribution in [2.24, 2.45) is 11.5 Å². The zero-order valence-electron chi connectivity index (χ0n) is 7.51. The molecule has 0 saturated carbocycles. The molecule has 0 saturated heterocycles. The highest BCUT2D eigenvalue weighted by Crippen LogP contribution is 2.11. The highest BCUT2D eigenvalue weighted by Gasteiger charge is 2.25. The van der Waals surface area contributed by atoms with E-state index >= 15 is 0 Å². The Morgan fingerprint density at radius 1 is 1.36 bits per heavy atom. The van der Waals surface area contributed by atoms with Crippen LogP contribution in [0.2, 0.25) is 0 Å². The average Bonchev–Trinajstić information content (AvgIpc) is 2.00. The van der Waals surface area contributed by atoms with Crippen molar-refractivity contribution in [3.05, 3.63) is 0 Å². The third kappa shape index (κ3) is 3.70. The fourth-order valence-corrected chi connectivity index (χ4v) is 0.902. The Balaban J connectivity index is 3.71. The van der Waals surface area contributed by atoms with Crippen LogP contribution in [0, 0.1) is 0 Å². The molecule has 1 unspecified atom stereocenters. The summed E-state index contributed by atoms with van der Waals surface area (Å²) >= 11 is 0. The van der Waals surface area contributed by atoms with E-state index in [1.807, 2.05) is 6.92 Å². The fourth-order valence-electron chi connectivity index (χ4n) is 0.902. The van der Waals surface area contributed by atoms with Gasteiger partial charge in [0.05, 0.1) is 11.8 Å². The fraction of sp³-hybridized carbons (Fsp3) is 1.00. The van der Waals surface area contributed by atoms with E-state index in [1.54, 1.807) is 0 Å². The van der Waals surface area contributed by atoms with Crippen LogP contribution < -0.4 is 11.5 Å². The lowest BCUT2D eigenvalue weighted by atomic mass is 9.97. The van der Waals surface area contributed by atoms with Gasteiger partial charge in [0.15, 0.2) is 0 Å². The van der Waals surface area contributed by atoms with Gasteiger partial charge in [-0.1, -0.05) is 26.7 Å². The van der Waals surface area contributed by atoms with Crippen LogP contribution >= 0.6 is 0 Å². The summed E-state index contributed by atoms with van der Waals surface area (Å²) in [6.07, 6.45) is 2.80. The van der Waals surface area contributed by atoms with Crippen LogP contribution in [0.1, 0.15) is 39.5 Å². The summed E-state index contributed by atoms with van der Waals surface area (Å²) < 4.78 is 0. The molecule has 0 aromatic rings. The van der Waals surface area contributed by atoms with Gasteiger partial charge >= 0.3 is 0 Å². The second-order valence-corrected chi connectivity index (χ2v) is 3.12. The third-order valence-electron chi connectivity index (χ3n) is 2.06. The van der Waals surface area contributed by atoms with Crippen molar-refractivity contribution >= 4 is 0 Å². The summed E-state index contributed by atoms with van der Waals surface area (Å²) in [5.74, 6) is 0. The molecule has 0 rings (SSSR count). The first-order valence-corrected chi connectivity index (χ1v) is 4.30. The summed E-state index contributed by atoms with van der Waals surface area (Å²) in [5.41, 5.74) is 10.4. The maximum absolute atomic E-state index is 9.46. The smallest absolute Gasteiger partial charge is 0.0900 e. The molecule has 0 bridgehead atoms. The van der Waals surface area contributed by atoms with E-state index < -0.39 is 11.8 Å². The van der Waals surface area contributed by atoms with Gasteiger partial charge in [0.25, 0.3) is 0 Å². The number of aliphatic hydroxyl groups is 1. The Kier molecular flexibility index (Phi) is 4.65. The van der Waals surface area contributed by atoms with Crippen LogP contribution in [-0.4, -0.2) is 16.9 Å². The summed E-state index contributed by atoms with van der Waals surface area (Å²) in [5, 5.41) is 9.46. The van der Waals surface area contributed by atoms with E-state index in [0.29, 0.717) is 12.8 Å². The molecule has 1 atom stereocenters. The SMILES string of the molecule is CCCCC(O)C(N)(N)CC. The molecule has 0 fully saturated rings. The molecule has 5 N–H and O–H groups in total. The van der Waals surface area contributed by atoms with Crippen molar-refractivity contribution in [3.8, 4) is 0 Å². The Morgan fingerprint density at radius 3 is 2.27 bits per heavy atom. The largest absolute Gasteiger partial charge is 0.390 e. The van der Waals surface area contributed by atoms with Gasteiger partial charge in [0.1, 0.15) is 0 Å².